The molecule has 0 bridgehead atoms. The molecule has 0 aliphatic rings. The van der Waals surface area contributed by atoms with E-state index in [2.05, 4.69) is 6.92 Å². The fourth-order valence-corrected chi connectivity index (χ4v) is 2.56. The number of carbonyl (C=O) groups is 1. The zero-order valence-electron chi connectivity index (χ0n) is 13.4. The van der Waals surface area contributed by atoms with Crippen molar-refractivity contribution in [2.75, 3.05) is 0 Å². The van der Waals surface area contributed by atoms with Crippen molar-refractivity contribution in [1.82, 2.24) is 0 Å². The molecule has 0 fully saturated rings. The van der Waals surface area contributed by atoms with Gasteiger partial charge in [-0.05, 0) is 30.6 Å². The van der Waals surface area contributed by atoms with Gasteiger partial charge in [0, 0.05) is 6.42 Å². The first-order valence-corrected chi connectivity index (χ1v) is 8.23. The normalized spacial score (nSPS) is 13.6. The zero-order chi connectivity index (χ0) is 16.4. The van der Waals surface area contributed by atoms with Gasteiger partial charge in [0.25, 0.3) is 0 Å². The van der Waals surface area contributed by atoms with Crippen molar-refractivity contribution >= 4 is 12.9 Å². The second kappa shape index (κ2) is 10.5. The fraction of sp³-hybridized carbons (Fsp3) is 0.588. The van der Waals surface area contributed by atoms with Crippen LogP contribution in [0.4, 0.5) is 0 Å². The Hall–Kier alpha value is -1.17. The molecule has 5 heteroatoms. The van der Waals surface area contributed by atoms with Gasteiger partial charge < -0.3 is 15.8 Å². The number of nitrogens with two attached hydrogens (primary N) is 1. The van der Waals surface area contributed by atoms with Crippen LogP contribution in [0.3, 0.4) is 0 Å². The van der Waals surface area contributed by atoms with Crippen molar-refractivity contribution in [3.8, 4) is 0 Å². The highest BCUT2D eigenvalue weighted by Gasteiger charge is 2.25. The number of Topliss-reactive ketones (excluding diaryl/α,β-unsaturated/α-hetero) is 1. The number of unbranched alkanes of at least 4 members (excludes halogenated alkanes) is 2. The molecule has 1 aromatic rings. The predicted octanol–water partition coefficient (Wildman–Crippen LogP) is 2.33. The van der Waals surface area contributed by atoms with E-state index in [0.717, 1.165) is 31.2 Å². The first-order valence-electron chi connectivity index (χ1n) is 8.23. The monoisotopic (exact) mass is 305 g/mol. The lowest BCUT2D eigenvalue weighted by molar-refractivity contribution is -0.120. The van der Waals surface area contributed by atoms with Crippen molar-refractivity contribution in [1.29, 1.82) is 0 Å². The molecule has 0 amide bonds. The summed E-state index contributed by atoms with van der Waals surface area (Å²) in [5.41, 5.74) is 6.94. The van der Waals surface area contributed by atoms with E-state index in [1.165, 1.54) is 0 Å². The lowest BCUT2D eigenvalue weighted by atomic mass is 9.67. The molecule has 22 heavy (non-hydrogen) atoms. The molecule has 0 aromatic heterocycles. The van der Waals surface area contributed by atoms with Crippen LogP contribution in [0.2, 0.25) is 5.82 Å². The average molecular weight is 305 g/mol. The highest BCUT2D eigenvalue weighted by Crippen LogP contribution is 2.22. The van der Waals surface area contributed by atoms with Gasteiger partial charge in [0.15, 0.2) is 0 Å². The van der Waals surface area contributed by atoms with Crippen molar-refractivity contribution in [3.63, 3.8) is 0 Å². The molecule has 0 saturated carbocycles. The fourth-order valence-electron chi connectivity index (χ4n) is 2.56. The van der Waals surface area contributed by atoms with Gasteiger partial charge in [0.2, 0.25) is 0 Å². The molecule has 0 radical (unpaired) electrons. The van der Waals surface area contributed by atoms with E-state index >= 15 is 0 Å². The minimum atomic E-state index is -1.41. The van der Waals surface area contributed by atoms with E-state index < -0.39 is 13.2 Å². The topological polar surface area (TPSA) is 83.6 Å². The first-order chi connectivity index (χ1) is 10.5. The van der Waals surface area contributed by atoms with Gasteiger partial charge in [-0.15, -0.1) is 0 Å². The zero-order valence-corrected chi connectivity index (χ0v) is 13.4. The standard InChI is InChI=1S/C17H28BNO3/c1-2-3-5-10-16(19)17(20)12-11-15(18(21)22)13-14-8-6-4-7-9-14/h4,6-9,15-16,21-22H,2-3,5,10-13,19H2,1H3/t15-,16-/m0/s1. The van der Waals surface area contributed by atoms with E-state index in [9.17, 15) is 14.8 Å². The van der Waals surface area contributed by atoms with Crippen LogP contribution in [0, 0.1) is 0 Å². The maximum absolute atomic E-state index is 12.0. The van der Waals surface area contributed by atoms with Gasteiger partial charge >= 0.3 is 7.12 Å². The number of rotatable bonds is 11. The average Bonchev–Trinajstić information content (AvgIpc) is 2.51. The van der Waals surface area contributed by atoms with Crippen LogP contribution >= 0.6 is 0 Å². The third-order valence-electron chi connectivity index (χ3n) is 4.06. The number of ketones is 1. The Morgan fingerprint density at radius 2 is 1.86 bits per heavy atom. The van der Waals surface area contributed by atoms with Crippen LogP contribution in [0.5, 0.6) is 0 Å². The van der Waals surface area contributed by atoms with E-state index in [1.54, 1.807) is 0 Å². The summed E-state index contributed by atoms with van der Waals surface area (Å²) < 4.78 is 0. The Kier molecular flexibility index (Phi) is 9.05. The van der Waals surface area contributed by atoms with Crippen molar-refractivity contribution in [3.05, 3.63) is 35.9 Å². The minimum absolute atomic E-state index is 0.0230. The summed E-state index contributed by atoms with van der Waals surface area (Å²) in [5, 5.41) is 19.0. The summed E-state index contributed by atoms with van der Waals surface area (Å²) >= 11 is 0. The molecule has 2 atom stereocenters. The molecule has 0 heterocycles. The summed E-state index contributed by atoms with van der Waals surface area (Å²) in [4.78, 5) is 12.0. The Balaban J connectivity index is 2.42. The number of benzene rings is 1. The maximum atomic E-state index is 12.0. The molecule has 4 nitrogen and oxygen atoms in total. The Morgan fingerprint density at radius 3 is 2.45 bits per heavy atom. The number of hydrogen-bond acceptors (Lipinski definition) is 4. The molecule has 0 saturated heterocycles. The van der Waals surface area contributed by atoms with Crippen LogP contribution < -0.4 is 5.73 Å². The van der Waals surface area contributed by atoms with E-state index in [-0.39, 0.29) is 11.6 Å². The quantitative estimate of drug-likeness (QED) is 0.433. The number of hydrogen-bond donors (Lipinski definition) is 3. The summed E-state index contributed by atoms with van der Waals surface area (Å²) in [6.07, 6.45) is 5.20. The van der Waals surface area contributed by atoms with Crippen molar-refractivity contribution in [2.45, 2.75) is 63.7 Å². The summed E-state index contributed by atoms with van der Waals surface area (Å²) in [7, 11) is -1.41. The highest BCUT2D eigenvalue weighted by atomic mass is 16.4. The SMILES string of the molecule is CCCCC[C@H](N)C(=O)CC[C@@H](Cc1ccccc1)B(O)O. The first kappa shape index (κ1) is 18.9. The molecular formula is C17H28BNO3. The molecule has 122 valence electrons. The smallest absolute Gasteiger partial charge is 0.427 e. The molecule has 0 unspecified atom stereocenters. The predicted molar refractivity (Wildman–Crippen MR) is 90.4 cm³/mol. The number of carbonyl (C=O) groups excluding carboxylic acids is 1. The van der Waals surface area contributed by atoms with Crippen LogP contribution in [0.1, 0.15) is 51.0 Å². The van der Waals surface area contributed by atoms with Gasteiger partial charge in [0.05, 0.1) is 6.04 Å². The molecule has 1 aromatic carbocycles. The summed E-state index contributed by atoms with van der Waals surface area (Å²) in [5.74, 6) is -0.316. The third-order valence-corrected chi connectivity index (χ3v) is 4.06. The summed E-state index contributed by atoms with van der Waals surface area (Å²) in [6.45, 7) is 2.12. The van der Waals surface area contributed by atoms with Crippen LogP contribution in [-0.4, -0.2) is 29.0 Å². The van der Waals surface area contributed by atoms with Crippen LogP contribution in [0.15, 0.2) is 30.3 Å². The van der Waals surface area contributed by atoms with Crippen molar-refractivity contribution < 1.29 is 14.8 Å². The second-order valence-corrected chi connectivity index (χ2v) is 5.97. The van der Waals surface area contributed by atoms with Crippen LogP contribution in [-0.2, 0) is 11.2 Å². The molecule has 1 rings (SSSR count). The van der Waals surface area contributed by atoms with Crippen molar-refractivity contribution in [2.24, 2.45) is 5.73 Å². The van der Waals surface area contributed by atoms with E-state index in [4.69, 9.17) is 5.73 Å². The largest absolute Gasteiger partial charge is 0.455 e. The molecule has 0 aliphatic carbocycles. The minimum Gasteiger partial charge on any atom is -0.427 e. The van der Waals surface area contributed by atoms with Gasteiger partial charge in [0.1, 0.15) is 5.78 Å². The van der Waals surface area contributed by atoms with Crippen LogP contribution in [0.25, 0.3) is 0 Å². The second-order valence-electron chi connectivity index (χ2n) is 5.97. The Morgan fingerprint density at radius 1 is 1.18 bits per heavy atom. The van der Waals surface area contributed by atoms with Gasteiger partial charge in [-0.3, -0.25) is 4.79 Å². The molecule has 4 N–H and O–H groups in total. The summed E-state index contributed by atoms with van der Waals surface area (Å²) in [6, 6.07) is 9.25. The van der Waals surface area contributed by atoms with Gasteiger partial charge in [-0.25, -0.2) is 0 Å². The lowest BCUT2D eigenvalue weighted by Crippen LogP contribution is -2.31. The van der Waals surface area contributed by atoms with Gasteiger partial charge in [-0.2, -0.15) is 0 Å². The lowest BCUT2D eigenvalue weighted by Gasteiger charge is -2.17. The molecule has 0 aliphatic heterocycles. The Labute approximate surface area is 133 Å². The third kappa shape index (κ3) is 7.21. The van der Waals surface area contributed by atoms with E-state index in [1.807, 2.05) is 30.3 Å². The maximum Gasteiger partial charge on any atom is 0.455 e. The highest BCUT2D eigenvalue weighted by molar-refractivity contribution is 6.43. The Bertz CT molecular complexity index is 425. The van der Waals surface area contributed by atoms with E-state index in [0.29, 0.717) is 19.3 Å². The molecular weight excluding hydrogens is 277 g/mol. The molecule has 0 spiro atoms. The van der Waals surface area contributed by atoms with Gasteiger partial charge in [-0.1, -0.05) is 56.5 Å².